The molecule has 1 aliphatic carbocycles. The predicted octanol–water partition coefficient (Wildman–Crippen LogP) is 2.25. The standard InChI is InChI=1S/C13H17FN2O.ClH/c14-10-3-1-9(2-4-10)13(17)16-12-7-5-11(15)6-8-12;/h1-4,11-12H,5-8,15H2,(H,16,17);1H. The van der Waals surface area contributed by atoms with Gasteiger partial charge in [-0.2, -0.15) is 0 Å². The first-order valence-corrected chi connectivity index (χ1v) is 5.97. The third kappa shape index (κ3) is 3.96. The molecule has 1 amide bonds. The first-order valence-electron chi connectivity index (χ1n) is 5.97. The summed E-state index contributed by atoms with van der Waals surface area (Å²) in [5, 5.41) is 2.96. The normalized spacial score (nSPS) is 23.0. The van der Waals surface area contributed by atoms with Gasteiger partial charge in [-0.25, -0.2) is 4.39 Å². The summed E-state index contributed by atoms with van der Waals surface area (Å²) in [4.78, 5) is 11.8. The summed E-state index contributed by atoms with van der Waals surface area (Å²) in [6.45, 7) is 0. The minimum absolute atomic E-state index is 0. The maximum absolute atomic E-state index is 12.7. The third-order valence-corrected chi connectivity index (χ3v) is 3.21. The van der Waals surface area contributed by atoms with Gasteiger partial charge in [0.05, 0.1) is 0 Å². The average molecular weight is 273 g/mol. The zero-order valence-corrected chi connectivity index (χ0v) is 10.9. The number of nitrogens with one attached hydrogen (secondary N) is 1. The zero-order valence-electron chi connectivity index (χ0n) is 10.1. The molecule has 0 aromatic heterocycles. The molecule has 1 aromatic carbocycles. The highest BCUT2D eigenvalue weighted by atomic mass is 35.5. The summed E-state index contributed by atoms with van der Waals surface area (Å²) in [6.07, 6.45) is 3.75. The molecule has 2 rings (SSSR count). The van der Waals surface area contributed by atoms with E-state index >= 15 is 0 Å². The maximum Gasteiger partial charge on any atom is 0.251 e. The molecule has 1 aliphatic rings. The number of carbonyl (C=O) groups is 1. The van der Waals surface area contributed by atoms with Gasteiger partial charge in [-0.1, -0.05) is 0 Å². The lowest BCUT2D eigenvalue weighted by molar-refractivity contribution is 0.0926. The van der Waals surface area contributed by atoms with Gasteiger partial charge in [-0.3, -0.25) is 4.79 Å². The third-order valence-electron chi connectivity index (χ3n) is 3.21. The second kappa shape index (κ2) is 6.71. The fraction of sp³-hybridized carbons (Fsp3) is 0.462. The summed E-state index contributed by atoms with van der Waals surface area (Å²) in [5.74, 6) is -0.462. The van der Waals surface area contributed by atoms with Crippen molar-refractivity contribution in [3.8, 4) is 0 Å². The van der Waals surface area contributed by atoms with Crippen LogP contribution in [-0.4, -0.2) is 18.0 Å². The van der Waals surface area contributed by atoms with Gasteiger partial charge in [0.2, 0.25) is 0 Å². The van der Waals surface area contributed by atoms with E-state index < -0.39 is 0 Å². The number of amides is 1. The van der Waals surface area contributed by atoms with Gasteiger partial charge in [0.25, 0.3) is 5.91 Å². The van der Waals surface area contributed by atoms with Crippen molar-refractivity contribution in [3.63, 3.8) is 0 Å². The molecule has 0 spiro atoms. The van der Waals surface area contributed by atoms with Crippen molar-refractivity contribution < 1.29 is 9.18 Å². The number of carbonyl (C=O) groups excluding carboxylic acids is 1. The molecule has 0 saturated heterocycles. The summed E-state index contributed by atoms with van der Waals surface area (Å²) < 4.78 is 12.7. The van der Waals surface area contributed by atoms with E-state index in [-0.39, 0.29) is 36.2 Å². The van der Waals surface area contributed by atoms with Crippen LogP contribution < -0.4 is 11.1 Å². The number of nitrogens with two attached hydrogens (primary N) is 1. The zero-order chi connectivity index (χ0) is 12.3. The van der Waals surface area contributed by atoms with Crippen LogP contribution in [0.15, 0.2) is 24.3 Å². The number of benzene rings is 1. The first-order chi connectivity index (χ1) is 8.15. The van der Waals surface area contributed by atoms with Crippen molar-refractivity contribution in [1.82, 2.24) is 5.32 Å². The molecular formula is C13H18ClFN2O. The number of hydrogen-bond donors (Lipinski definition) is 2. The van der Waals surface area contributed by atoms with E-state index in [1.165, 1.54) is 24.3 Å². The van der Waals surface area contributed by atoms with Gasteiger partial charge >= 0.3 is 0 Å². The Morgan fingerprint density at radius 3 is 2.28 bits per heavy atom. The molecule has 1 fully saturated rings. The maximum atomic E-state index is 12.7. The Hall–Kier alpha value is -1.13. The fourth-order valence-corrected chi connectivity index (χ4v) is 2.13. The highest BCUT2D eigenvalue weighted by Gasteiger charge is 2.20. The number of hydrogen-bond acceptors (Lipinski definition) is 2. The molecule has 100 valence electrons. The molecule has 0 radical (unpaired) electrons. The van der Waals surface area contributed by atoms with Crippen LogP contribution in [0, 0.1) is 5.82 Å². The van der Waals surface area contributed by atoms with E-state index in [0.717, 1.165) is 25.7 Å². The largest absolute Gasteiger partial charge is 0.349 e. The SMILES string of the molecule is Cl.NC1CCC(NC(=O)c2ccc(F)cc2)CC1. The van der Waals surface area contributed by atoms with Gasteiger partial charge < -0.3 is 11.1 Å². The fourth-order valence-electron chi connectivity index (χ4n) is 2.13. The lowest BCUT2D eigenvalue weighted by Gasteiger charge is -2.26. The van der Waals surface area contributed by atoms with Crippen molar-refractivity contribution in [2.24, 2.45) is 5.73 Å². The van der Waals surface area contributed by atoms with E-state index in [1.54, 1.807) is 0 Å². The van der Waals surface area contributed by atoms with Gasteiger partial charge in [-0.05, 0) is 49.9 Å². The quantitative estimate of drug-likeness (QED) is 0.868. The van der Waals surface area contributed by atoms with Crippen LogP contribution in [0.25, 0.3) is 0 Å². The highest BCUT2D eigenvalue weighted by molar-refractivity contribution is 5.94. The van der Waals surface area contributed by atoms with Crippen molar-refractivity contribution in [2.45, 2.75) is 37.8 Å². The van der Waals surface area contributed by atoms with E-state index in [1.807, 2.05) is 0 Å². The second-order valence-electron chi connectivity index (χ2n) is 4.59. The summed E-state index contributed by atoms with van der Waals surface area (Å²) >= 11 is 0. The van der Waals surface area contributed by atoms with E-state index in [2.05, 4.69) is 5.32 Å². The molecule has 1 saturated carbocycles. The molecule has 0 bridgehead atoms. The molecule has 0 unspecified atom stereocenters. The van der Waals surface area contributed by atoms with Crippen LogP contribution in [0.1, 0.15) is 36.0 Å². The lowest BCUT2D eigenvalue weighted by atomic mass is 9.91. The summed E-state index contributed by atoms with van der Waals surface area (Å²) in [7, 11) is 0. The van der Waals surface area contributed by atoms with Crippen LogP contribution in [0.3, 0.4) is 0 Å². The minimum Gasteiger partial charge on any atom is -0.349 e. The Bertz CT molecular complexity index is 388. The summed E-state index contributed by atoms with van der Waals surface area (Å²) in [6, 6.07) is 6.07. The molecule has 0 atom stereocenters. The van der Waals surface area contributed by atoms with Gasteiger partial charge in [0.15, 0.2) is 0 Å². The van der Waals surface area contributed by atoms with Crippen molar-refractivity contribution in [1.29, 1.82) is 0 Å². The first kappa shape index (κ1) is 14.9. The van der Waals surface area contributed by atoms with Crippen LogP contribution in [-0.2, 0) is 0 Å². The van der Waals surface area contributed by atoms with Gasteiger partial charge in [-0.15, -0.1) is 12.4 Å². The Labute approximate surface area is 112 Å². The van der Waals surface area contributed by atoms with Crippen molar-refractivity contribution in [3.05, 3.63) is 35.6 Å². The van der Waals surface area contributed by atoms with Crippen LogP contribution >= 0.6 is 12.4 Å². The predicted molar refractivity (Wildman–Crippen MR) is 71.3 cm³/mol. The Morgan fingerprint density at radius 2 is 1.72 bits per heavy atom. The lowest BCUT2D eigenvalue weighted by Crippen LogP contribution is -2.40. The number of halogens is 2. The van der Waals surface area contributed by atoms with E-state index in [9.17, 15) is 9.18 Å². The topological polar surface area (TPSA) is 55.1 Å². The Balaban J connectivity index is 0.00000162. The van der Waals surface area contributed by atoms with E-state index in [0.29, 0.717) is 5.56 Å². The molecule has 3 nitrogen and oxygen atoms in total. The molecule has 1 aromatic rings. The Kier molecular flexibility index (Phi) is 5.56. The smallest absolute Gasteiger partial charge is 0.251 e. The van der Waals surface area contributed by atoms with Gasteiger partial charge in [0, 0.05) is 17.6 Å². The van der Waals surface area contributed by atoms with Crippen LogP contribution in [0.5, 0.6) is 0 Å². The second-order valence-corrected chi connectivity index (χ2v) is 4.59. The van der Waals surface area contributed by atoms with Crippen LogP contribution in [0.2, 0.25) is 0 Å². The molecule has 18 heavy (non-hydrogen) atoms. The van der Waals surface area contributed by atoms with Crippen molar-refractivity contribution >= 4 is 18.3 Å². The average Bonchev–Trinajstić information content (AvgIpc) is 2.33. The highest BCUT2D eigenvalue weighted by Crippen LogP contribution is 2.17. The molecule has 0 heterocycles. The molecule has 0 aliphatic heterocycles. The Morgan fingerprint density at radius 1 is 1.17 bits per heavy atom. The number of rotatable bonds is 2. The van der Waals surface area contributed by atoms with E-state index in [4.69, 9.17) is 5.73 Å². The van der Waals surface area contributed by atoms with Gasteiger partial charge in [0.1, 0.15) is 5.82 Å². The summed E-state index contributed by atoms with van der Waals surface area (Å²) in [5.41, 5.74) is 6.30. The monoisotopic (exact) mass is 272 g/mol. The molecule has 3 N–H and O–H groups in total. The van der Waals surface area contributed by atoms with Crippen LogP contribution in [0.4, 0.5) is 4.39 Å². The molecular weight excluding hydrogens is 255 g/mol. The van der Waals surface area contributed by atoms with Crippen molar-refractivity contribution in [2.75, 3.05) is 0 Å². The minimum atomic E-state index is -0.329. The molecule has 5 heteroatoms.